The number of ether oxygens (including phenoxy) is 3. The van der Waals surface area contributed by atoms with Crippen molar-refractivity contribution in [1.82, 2.24) is 0 Å². The fourth-order valence-corrected chi connectivity index (χ4v) is 6.32. The molecule has 1 amide bonds. The van der Waals surface area contributed by atoms with Crippen LogP contribution in [0.25, 0.3) is 0 Å². The molecule has 1 aromatic rings. The topological polar surface area (TPSA) is 65.1 Å². The number of methoxy groups -OCH3 is 1. The number of hydrogen-bond donors (Lipinski definition) is 0. The summed E-state index contributed by atoms with van der Waals surface area (Å²) in [6, 6.07) is 1.91. The first-order valence-electron chi connectivity index (χ1n) is 13.0. The number of nitrogens with zero attached hydrogens (tertiary/aromatic N) is 1. The molecule has 7 heteroatoms. The largest absolute Gasteiger partial charge is 0.465 e. The summed E-state index contributed by atoms with van der Waals surface area (Å²) in [5.41, 5.74) is 0.487. The number of carbonyl (C=O) groups is 2. The van der Waals surface area contributed by atoms with E-state index < -0.39 is 11.8 Å². The quantitative estimate of drug-likeness (QED) is 0.387. The average molecular weight is 502 g/mol. The molecular formula is C28H39NO5S. The van der Waals surface area contributed by atoms with Gasteiger partial charge in [-0.05, 0) is 71.3 Å². The maximum atomic E-state index is 14.1. The van der Waals surface area contributed by atoms with Crippen molar-refractivity contribution in [1.29, 1.82) is 0 Å². The van der Waals surface area contributed by atoms with Crippen LogP contribution in [0.2, 0.25) is 0 Å². The second kappa shape index (κ2) is 10.6. The summed E-state index contributed by atoms with van der Waals surface area (Å²) in [5.74, 6) is 6.33. The van der Waals surface area contributed by atoms with Gasteiger partial charge in [-0.25, -0.2) is 4.79 Å². The Balaban J connectivity index is 1.69. The van der Waals surface area contributed by atoms with Crippen LogP contribution in [0.4, 0.5) is 5.69 Å². The zero-order valence-corrected chi connectivity index (χ0v) is 22.6. The molecule has 0 bridgehead atoms. The Morgan fingerprint density at radius 3 is 2.29 bits per heavy atom. The van der Waals surface area contributed by atoms with Crippen molar-refractivity contribution >= 4 is 28.9 Å². The van der Waals surface area contributed by atoms with Gasteiger partial charge in [-0.3, -0.25) is 4.79 Å². The molecular weight excluding hydrogens is 462 g/mol. The van der Waals surface area contributed by atoms with E-state index in [1.54, 1.807) is 0 Å². The molecule has 3 aliphatic rings. The lowest BCUT2D eigenvalue weighted by Crippen LogP contribution is -2.49. The van der Waals surface area contributed by atoms with Crippen LogP contribution in [0.1, 0.15) is 93.6 Å². The van der Waals surface area contributed by atoms with Crippen LogP contribution in [0.5, 0.6) is 0 Å². The van der Waals surface area contributed by atoms with Crippen LogP contribution >= 0.6 is 11.3 Å². The fourth-order valence-electron chi connectivity index (χ4n) is 5.40. The van der Waals surface area contributed by atoms with Crippen molar-refractivity contribution in [3.63, 3.8) is 0 Å². The van der Waals surface area contributed by atoms with E-state index in [2.05, 4.69) is 39.5 Å². The Labute approximate surface area is 213 Å². The molecule has 0 atom stereocenters. The highest BCUT2D eigenvalue weighted by Crippen LogP contribution is 2.42. The highest BCUT2D eigenvalue weighted by molar-refractivity contribution is 7.15. The summed E-state index contributed by atoms with van der Waals surface area (Å²) in [7, 11) is 1.39. The molecule has 2 aliphatic carbocycles. The molecule has 2 heterocycles. The van der Waals surface area contributed by atoms with E-state index >= 15 is 0 Å². The molecule has 4 rings (SSSR count). The molecule has 0 aromatic carbocycles. The molecule has 6 nitrogen and oxygen atoms in total. The molecule has 0 N–H and O–H groups in total. The second-order valence-electron chi connectivity index (χ2n) is 11.3. The maximum Gasteiger partial charge on any atom is 0.350 e. The summed E-state index contributed by atoms with van der Waals surface area (Å²) in [4.78, 5) is 30.1. The number of thiophene rings is 1. The standard InChI is InChI=1S/C28H39NO5S/c1-19-6-8-20(9-7-19)25(30)29(21-10-14-28(15-11-21)33-16-17-34-28)23-18-22(12-13-27(2,3)4)35-24(23)26(31)32-5/h18-21H,6-11,14-17H2,1-5H3. The lowest BCUT2D eigenvalue weighted by Gasteiger charge is -2.42. The molecule has 2 saturated carbocycles. The summed E-state index contributed by atoms with van der Waals surface area (Å²) < 4.78 is 17.0. The first-order valence-corrected chi connectivity index (χ1v) is 13.8. The van der Waals surface area contributed by atoms with Crippen LogP contribution < -0.4 is 4.90 Å². The smallest absolute Gasteiger partial charge is 0.350 e. The van der Waals surface area contributed by atoms with E-state index in [0.717, 1.165) is 56.2 Å². The van der Waals surface area contributed by atoms with Gasteiger partial charge in [-0.2, -0.15) is 0 Å². The molecule has 0 unspecified atom stereocenters. The molecule has 1 saturated heterocycles. The molecule has 0 radical (unpaired) electrons. The van der Waals surface area contributed by atoms with Gasteiger partial charge in [-0.1, -0.05) is 18.8 Å². The lowest BCUT2D eigenvalue weighted by atomic mass is 9.81. The van der Waals surface area contributed by atoms with Crippen molar-refractivity contribution < 1.29 is 23.8 Å². The number of anilines is 1. The first-order chi connectivity index (χ1) is 16.6. The summed E-state index contributed by atoms with van der Waals surface area (Å²) in [6.07, 6.45) is 6.96. The van der Waals surface area contributed by atoms with Gasteiger partial charge in [0.1, 0.15) is 4.88 Å². The van der Waals surface area contributed by atoms with Crippen molar-refractivity contribution in [2.75, 3.05) is 25.2 Å². The van der Waals surface area contributed by atoms with E-state index in [9.17, 15) is 9.59 Å². The molecule has 1 spiro atoms. The number of carbonyl (C=O) groups excluding carboxylic acids is 2. The van der Waals surface area contributed by atoms with Crippen molar-refractivity contribution in [3.8, 4) is 11.8 Å². The second-order valence-corrected chi connectivity index (χ2v) is 12.4. The fraction of sp³-hybridized carbons (Fsp3) is 0.714. The van der Waals surface area contributed by atoms with Gasteiger partial charge in [0.15, 0.2) is 5.79 Å². The zero-order valence-electron chi connectivity index (χ0n) is 21.8. The molecule has 1 aliphatic heterocycles. The molecule has 1 aromatic heterocycles. The number of hydrogen-bond acceptors (Lipinski definition) is 6. The lowest BCUT2D eigenvalue weighted by molar-refractivity contribution is -0.179. The average Bonchev–Trinajstić information content (AvgIpc) is 3.46. The third-order valence-electron chi connectivity index (χ3n) is 7.40. The predicted octanol–water partition coefficient (Wildman–Crippen LogP) is 5.78. The highest BCUT2D eigenvalue weighted by atomic mass is 32.1. The molecule has 35 heavy (non-hydrogen) atoms. The summed E-state index contributed by atoms with van der Waals surface area (Å²) >= 11 is 1.32. The normalized spacial score (nSPS) is 24.6. The maximum absolute atomic E-state index is 14.1. The Morgan fingerprint density at radius 2 is 1.71 bits per heavy atom. The number of rotatable bonds is 4. The predicted molar refractivity (Wildman–Crippen MR) is 137 cm³/mol. The zero-order chi connectivity index (χ0) is 25.2. The van der Waals surface area contributed by atoms with Gasteiger partial charge in [0, 0.05) is 30.2 Å². The van der Waals surface area contributed by atoms with E-state index in [1.807, 2.05) is 11.0 Å². The van der Waals surface area contributed by atoms with Gasteiger partial charge in [0.05, 0.1) is 30.9 Å². The van der Waals surface area contributed by atoms with Crippen LogP contribution in [0, 0.1) is 29.1 Å². The van der Waals surface area contributed by atoms with E-state index in [0.29, 0.717) is 29.7 Å². The van der Waals surface area contributed by atoms with Gasteiger partial charge in [0.2, 0.25) is 5.91 Å². The molecule has 192 valence electrons. The highest BCUT2D eigenvalue weighted by Gasteiger charge is 2.44. The summed E-state index contributed by atoms with van der Waals surface area (Å²) in [5, 5.41) is 0. The van der Waals surface area contributed by atoms with E-state index in [-0.39, 0.29) is 23.3 Å². The van der Waals surface area contributed by atoms with Gasteiger partial charge in [0.25, 0.3) is 0 Å². The van der Waals surface area contributed by atoms with Crippen LogP contribution in [-0.4, -0.2) is 44.0 Å². The Hall–Kier alpha value is -1.88. The Morgan fingerprint density at radius 1 is 1.09 bits per heavy atom. The van der Waals surface area contributed by atoms with Gasteiger partial charge in [-0.15, -0.1) is 11.3 Å². The van der Waals surface area contributed by atoms with Gasteiger partial charge < -0.3 is 19.1 Å². The number of amides is 1. The minimum atomic E-state index is -0.505. The minimum absolute atomic E-state index is 0.0123. The van der Waals surface area contributed by atoms with E-state index in [4.69, 9.17) is 14.2 Å². The third kappa shape index (κ3) is 6.10. The SMILES string of the molecule is COC(=O)c1sc(C#CC(C)(C)C)cc1N(C(=O)C1CCC(C)CC1)C1CCC2(CC1)OCCO2. The van der Waals surface area contributed by atoms with Crippen LogP contribution in [0.15, 0.2) is 6.07 Å². The Bertz CT molecular complexity index is 973. The van der Waals surface area contributed by atoms with Crippen LogP contribution in [0.3, 0.4) is 0 Å². The van der Waals surface area contributed by atoms with E-state index in [1.165, 1.54) is 18.4 Å². The Kier molecular flexibility index (Phi) is 7.95. The monoisotopic (exact) mass is 501 g/mol. The van der Waals surface area contributed by atoms with Crippen molar-refractivity contribution in [3.05, 3.63) is 15.8 Å². The van der Waals surface area contributed by atoms with Crippen LogP contribution in [-0.2, 0) is 19.0 Å². The van der Waals surface area contributed by atoms with Crippen molar-refractivity contribution in [2.45, 2.75) is 90.9 Å². The van der Waals surface area contributed by atoms with Crippen molar-refractivity contribution in [2.24, 2.45) is 17.3 Å². The summed E-state index contributed by atoms with van der Waals surface area (Å²) in [6.45, 7) is 9.68. The van der Waals surface area contributed by atoms with Gasteiger partial charge >= 0.3 is 5.97 Å². The third-order valence-corrected chi connectivity index (χ3v) is 8.42. The first kappa shape index (κ1) is 26.2. The molecule has 3 fully saturated rings. The minimum Gasteiger partial charge on any atom is -0.465 e. The number of esters is 1.